The van der Waals surface area contributed by atoms with Crippen molar-refractivity contribution in [2.24, 2.45) is 0 Å². The lowest BCUT2D eigenvalue weighted by molar-refractivity contribution is -0.384. The van der Waals surface area contributed by atoms with Crippen LogP contribution in [0.25, 0.3) is 11.0 Å². The summed E-state index contributed by atoms with van der Waals surface area (Å²) in [5.74, 6) is 0.793. The lowest BCUT2D eigenvalue weighted by Gasteiger charge is -2.09. The first-order valence-corrected chi connectivity index (χ1v) is 7.96. The second-order valence-corrected chi connectivity index (χ2v) is 5.75. The Kier molecular flexibility index (Phi) is 4.74. The van der Waals surface area contributed by atoms with Crippen molar-refractivity contribution in [3.05, 3.63) is 70.0 Å². The molecular weight excluding hydrogens is 320 g/mol. The number of rotatable bonds is 6. The molecule has 1 N–H and O–H groups in total. The van der Waals surface area contributed by atoms with E-state index in [0.29, 0.717) is 13.1 Å². The molecule has 0 aliphatic heterocycles. The second-order valence-electron chi connectivity index (χ2n) is 5.75. The molecule has 0 saturated carbocycles. The predicted molar refractivity (Wildman–Crippen MR) is 94.3 cm³/mol. The highest BCUT2D eigenvalue weighted by molar-refractivity contribution is 5.78. The molecule has 3 rings (SSSR count). The fourth-order valence-electron chi connectivity index (χ4n) is 2.77. The normalized spacial score (nSPS) is 10.8. The van der Waals surface area contributed by atoms with E-state index in [1.54, 1.807) is 12.1 Å². The van der Waals surface area contributed by atoms with E-state index >= 15 is 0 Å². The van der Waals surface area contributed by atoms with E-state index < -0.39 is 4.92 Å². The maximum atomic E-state index is 12.0. The third kappa shape index (κ3) is 3.82. The van der Waals surface area contributed by atoms with Gasteiger partial charge in [0, 0.05) is 25.2 Å². The highest BCUT2D eigenvalue weighted by Crippen LogP contribution is 2.15. The number of para-hydroxylation sites is 2. The molecule has 1 heterocycles. The first-order valence-electron chi connectivity index (χ1n) is 7.96. The molecule has 7 heteroatoms. The van der Waals surface area contributed by atoms with Crippen LogP contribution in [0.5, 0.6) is 0 Å². The van der Waals surface area contributed by atoms with Crippen molar-refractivity contribution in [1.29, 1.82) is 0 Å². The van der Waals surface area contributed by atoms with Gasteiger partial charge in [0.05, 0.1) is 22.4 Å². The molecule has 3 aromatic rings. The lowest BCUT2D eigenvalue weighted by Crippen LogP contribution is -2.28. The number of nitrogens with one attached hydrogen (secondary N) is 1. The number of nitro benzene ring substituents is 1. The summed E-state index contributed by atoms with van der Waals surface area (Å²) in [6.07, 6.45) is 0.196. The smallest absolute Gasteiger partial charge is 0.269 e. The van der Waals surface area contributed by atoms with E-state index in [-0.39, 0.29) is 18.0 Å². The van der Waals surface area contributed by atoms with Crippen LogP contribution >= 0.6 is 0 Å². The van der Waals surface area contributed by atoms with Gasteiger partial charge in [0.25, 0.3) is 5.69 Å². The number of aryl methyl sites for hydroxylation is 1. The Hall–Kier alpha value is -3.22. The Morgan fingerprint density at radius 2 is 1.92 bits per heavy atom. The molecule has 0 bridgehead atoms. The van der Waals surface area contributed by atoms with Crippen LogP contribution in [-0.4, -0.2) is 26.9 Å². The zero-order valence-corrected chi connectivity index (χ0v) is 13.8. The Morgan fingerprint density at radius 3 is 2.64 bits per heavy atom. The Balaban J connectivity index is 1.55. The quantitative estimate of drug-likeness (QED) is 0.552. The molecule has 0 spiro atoms. The van der Waals surface area contributed by atoms with Crippen molar-refractivity contribution in [3.8, 4) is 0 Å². The van der Waals surface area contributed by atoms with Gasteiger partial charge in [-0.2, -0.15) is 0 Å². The Morgan fingerprint density at radius 1 is 1.20 bits per heavy atom. The number of hydrogen-bond donors (Lipinski definition) is 1. The number of nitrogens with zero attached hydrogens (tertiary/aromatic N) is 3. The minimum Gasteiger partial charge on any atom is -0.354 e. The van der Waals surface area contributed by atoms with Gasteiger partial charge in [0.2, 0.25) is 5.91 Å². The van der Waals surface area contributed by atoms with Crippen molar-refractivity contribution in [3.63, 3.8) is 0 Å². The Bertz CT molecular complexity index is 916. The van der Waals surface area contributed by atoms with Crippen molar-refractivity contribution < 1.29 is 9.72 Å². The third-order valence-electron chi connectivity index (χ3n) is 4.01. The number of non-ortho nitro benzene ring substituents is 1. The van der Waals surface area contributed by atoms with E-state index in [0.717, 1.165) is 22.4 Å². The standard InChI is InChI=1S/C18H18N4O3/c1-13-20-16-4-2-3-5-17(16)21(13)11-10-19-18(23)12-14-6-8-15(9-7-14)22(24)25/h2-9H,10-12H2,1H3,(H,19,23). The molecule has 7 nitrogen and oxygen atoms in total. The van der Waals surface area contributed by atoms with Crippen LogP contribution in [0.4, 0.5) is 5.69 Å². The summed E-state index contributed by atoms with van der Waals surface area (Å²) < 4.78 is 2.07. The zero-order chi connectivity index (χ0) is 17.8. The van der Waals surface area contributed by atoms with E-state index in [2.05, 4.69) is 14.9 Å². The van der Waals surface area contributed by atoms with Gasteiger partial charge >= 0.3 is 0 Å². The second kappa shape index (κ2) is 7.12. The maximum Gasteiger partial charge on any atom is 0.269 e. The van der Waals surface area contributed by atoms with E-state index in [1.165, 1.54) is 12.1 Å². The summed E-state index contributed by atoms with van der Waals surface area (Å²) in [5, 5.41) is 13.5. The summed E-state index contributed by atoms with van der Waals surface area (Å²) in [5.41, 5.74) is 2.75. The summed E-state index contributed by atoms with van der Waals surface area (Å²) in [6, 6.07) is 13.9. The van der Waals surface area contributed by atoms with Gasteiger partial charge in [-0.3, -0.25) is 14.9 Å². The summed E-state index contributed by atoms with van der Waals surface area (Å²) in [4.78, 5) is 26.7. The van der Waals surface area contributed by atoms with Crippen molar-refractivity contribution >= 4 is 22.6 Å². The third-order valence-corrected chi connectivity index (χ3v) is 4.01. The highest BCUT2D eigenvalue weighted by Gasteiger charge is 2.09. The van der Waals surface area contributed by atoms with Crippen LogP contribution in [0.1, 0.15) is 11.4 Å². The van der Waals surface area contributed by atoms with Crippen molar-refractivity contribution in [2.75, 3.05) is 6.54 Å². The van der Waals surface area contributed by atoms with Crippen LogP contribution in [0, 0.1) is 17.0 Å². The van der Waals surface area contributed by atoms with Gasteiger partial charge in [0.15, 0.2) is 0 Å². The molecule has 0 aliphatic carbocycles. The minimum absolute atomic E-state index is 0.0200. The monoisotopic (exact) mass is 338 g/mol. The van der Waals surface area contributed by atoms with Crippen LogP contribution in [0.3, 0.4) is 0 Å². The van der Waals surface area contributed by atoms with Crippen LogP contribution < -0.4 is 5.32 Å². The summed E-state index contributed by atoms with van der Waals surface area (Å²) >= 11 is 0. The average Bonchev–Trinajstić information content (AvgIpc) is 2.91. The first kappa shape index (κ1) is 16.6. The number of carbonyl (C=O) groups excluding carboxylic acids is 1. The molecule has 1 aromatic heterocycles. The van der Waals surface area contributed by atoms with E-state index in [9.17, 15) is 14.9 Å². The molecule has 0 unspecified atom stereocenters. The van der Waals surface area contributed by atoms with Gasteiger partial charge in [-0.1, -0.05) is 24.3 Å². The molecule has 0 atom stereocenters. The summed E-state index contributed by atoms with van der Waals surface area (Å²) in [6.45, 7) is 3.07. The van der Waals surface area contributed by atoms with Gasteiger partial charge in [-0.05, 0) is 24.6 Å². The number of amides is 1. The van der Waals surface area contributed by atoms with Crippen LogP contribution in [-0.2, 0) is 17.8 Å². The van der Waals surface area contributed by atoms with Crippen molar-refractivity contribution in [1.82, 2.24) is 14.9 Å². The van der Waals surface area contributed by atoms with Gasteiger partial charge in [-0.15, -0.1) is 0 Å². The Labute approximate surface area is 144 Å². The predicted octanol–water partition coefficient (Wildman–Crippen LogP) is 2.61. The molecule has 0 aliphatic rings. The molecule has 0 saturated heterocycles. The molecule has 2 aromatic carbocycles. The minimum atomic E-state index is -0.457. The fraction of sp³-hybridized carbons (Fsp3) is 0.222. The SMILES string of the molecule is Cc1nc2ccccc2n1CCNC(=O)Cc1ccc([N+](=O)[O-])cc1. The number of nitro groups is 1. The van der Waals surface area contributed by atoms with Crippen LogP contribution in [0.15, 0.2) is 48.5 Å². The number of aromatic nitrogens is 2. The van der Waals surface area contributed by atoms with Gasteiger partial charge < -0.3 is 9.88 Å². The lowest BCUT2D eigenvalue weighted by atomic mass is 10.1. The highest BCUT2D eigenvalue weighted by atomic mass is 16.6. The molecule has 128 valence electrons. The molecule has 0 radical (unpaired) electrons. The van der Waals surface area contributed by atoms with E-state index in [1.807, 2.05) is 31.2 Å². The number of carbonyl (C=O) groups is 1. The number of benzene rings is 2. The average molecular weight is 338 g/mol. The van der Waals surface area contributed by atoms with Crippen molar-refractivity contribution in [2.45, 2.75) is 19.9 Å². The molecule has 0 fully saturated rings. The topological polar surface area (TPSA) is 90.1 Å². The maximum absolute atomic E-state index is 12.0. The first-order chi connectivity index (χ1) is 12.0. The molecule has 1 amide bonds. The fourth-order valence-corrected chi connectivity index (χ4v) is 2.77. The largest absolute Gasteiger partial charge is 0.354 e. The zero-order valence-electron chi connectivity index (χ0n) is 13.8. The number of hydrogen-bond acceptors (Lipinski definition) is 4. The molecule has 25 heavy (non-hydrogen) atoms. The van der Waals surface area contributed by atoms with Gasteiger partial charge in [-0.25, -0.2) is 4.98 Å². The number of imidazole rings is 1. The number of fused-ring (bicyclic) bond motifs is 1. The van der Waals surface area contributed by atoms with Gasteiger partial charge in [0.1, 0.15) is 5.82 Å². The molecular formula is C18H18N4O3. The van der Waals surface area contributed by atoms with E-state index in [4.69, 9.17) is 0 Å². The van der Waals surface area contributed by atoms with Crippen LogP contribution in [0.2, 0.25) is 0 Å². The summed E-state index contributed by atoms with van der Waals surface area (Å²) in [7, 11) is 0.